The first kappa shape index (κ1) is 38.4. The summed E-state index contributed by atoms with van der Waals surface area (Å²) in [6.07, 6.45) is 19.8. The molecular weight excluding hydrogens is 444 g/mol. The van der Waals surface area contributed by atoms with Crippen molar-refractivity contribution in [3.05, 3.63) is 34.9 Å². The summed E-state index contributed by atoms with van der Waals surface area (Å²) in [5.74, 6) is 4.91. The van der Waals surface area contributed by atoms with Crippen molar-refractivity contribution in [3.8, 4) is 0 Å². The minimum Gasteiger partial charge on any atom is -0.0654 e. The Morgan fingerprint density at radius 1 is 0.514 bits per heavy atom. The maximum atomic E-state index is 2.38. The van der Waals surface area contributed by atoms with Gasteiger partial charge in [0, 0.05) is 0 Å². The van der Waals surface area contributed by atoms with Crippen molar-refractivity contribution in [3.63, 3.8) is 0 Å². The van der Waals surface area contributed by atoms with Crippen molar-refractivity contribution in [2.45, 2.75) is 173 Å². The summed E-state index contributed by atoms with van der Waals surface area (Å²) in [4.78, 5) is 0. The third kappa shape index (κ3) is 26.6. The standard InChI is InChI=1S/C10H22.C9H18.C9H12.C9H20/c1-4-6-8-10(3)9-7-5-2;2*1-7-4-8(2)6-9(3)5-7;1-4-6-8-9(3)7-5-2/h10H,4-9H2,1-3H3;7-9H,4-6H2,1-3H3;4-6H,1-3H3;9H,4-8H2,1-3H3. The highest BCUT2D eigenvalue weighted by molar-refractivity contribution is 5.27. The van der Waals surface area contributed by atoms with Gasteiger partial charge in [0.1, 0.15) is 0 Å². The summed E-state index contributed by atoms with van der Waals surface area (Å²) >= 11 is 0. The molecule has 37 heavy (non-hydrogen) atoms. The molecule has 0 saturated heterocycles. The molecule has 0 aromatic heterocycles. The fraction of sp³-hybridized carbons (Fsp3) is 0.838. The van der Waals surface area contributed by atoms with Crippen LogP contribution in [-0.2, 0) is 0 Å². The zero-order valence-electron chi connectivity index (χ0n) is 28.0. The molecule has 0 N–H and O–H groups in total. The first-order valence-corrected chi connectivity index (χ1v) is 16.5. The van der Waals surface area contributed by atoms with Crippen LogP contribution in [0.4, 0.5) is 0 Å². The van der Waals surface area contributed by atoms with Crippen molar-refractivity contribution in [2.75, 3.05) is 0 Å². The van der Waals surface area contributed by atoms with Gasteiger partial charge in [0.15, 0.2) is 0 Å². The molecule has 220 valence electrons. The fourth-order valence-electron chi connectivity index (χ4n) is 5.99. The number of hydrogen-bond acceptors (Lipinski definition) is 0. The number of rotatable bonds is 11. The number of unbranched alkanes of at least 4 members (excludes halogenated alkanes) is 3. The van der Waals surface area contributed by atoms with E-state index in [1.54, 1.807) is 0 Å². The normalized spacial score (nSPS) is 19.5. The largest absolute Gasteiger partial charge is 0.0654 e. The Kier molecular flexibility index (Phi) is 26.4. The lowest BCUT2D eigenvalue weighted by Gasteiger charge is -2.28. The second kappa shape index (κ2) is 25.5. The summed E-state index contributed by atoms with van der Waals surface area (Å²) in [5, 5.41) is 0. The molecule has 1 aliphatic carbocycles. The van der Waals surface area contributed by atoms with E-state index in [0.717, 1.165) is 29.6 Å². The van der Waals surface area contributed by atoms with Crippen molar-refractivity contribution in [2.24, 2.45) is 29.6 Å². The molecule has 0 aliphatic heterocycles. The molecule has 0 spiro atoms. The van der Waals surface area contributed by atoms with Gasteiger partial charge in [-0.2, -0.15) is 0 Å². The highest BCUT2D eigenvalue weighted by Gasteiger charge is 2.19. The summed E-state index contributed by atoms with van der Waals surface area (Å²) in [6, 6.07) is 6.56. The molecule has 0 amide bonds. The highest BCUT2D eigenvalue weighted by atomic mass is 14.3. The van der Waals surface area contributed by atoms with Crippen molar-refractivity contribution < 1.29 is 0 Å². The molecule has 1 saturated carbocycles. The number of aryl methyl sites for hydroxylation is 3. The van der Waals surface area contributed by atoms with Crippen molar-refractivity contribution in [1.29, 1.82) is 0 Å². The zero-order chi connectivity index (χ0) is 28.6. The minimum absolute atomic E-state index is 0.968. The average Bonchev–Trinajstić information content (AvgIpc) is 2.79. The quantitative estimate of drug-likeness (QED) is 0.274. The highest BCUT2D eigenvalue weighted by Crippen LogP contribution is 2.32. The van der Waals surface area contributed by atoms with Gasteiger partial charge in [-0.25, -0.2) is 0 Å². The maximum absolute atomic E-state index is 2.38. The smallest absolute Gasteiger partial charge is 0.0398 e. The zero-order valence-corrected chi connectivity index (χ0v) is 28.0. The van der Waals surface area contributed by atoms with E-state index in [9.17, 15) is 0 Å². The molecule has 1 unspecified atom stereocenters. The molecule has 1 aromatic rings. The van der Waals surface area contributed by atoms with Gasteiger partial charge in [0.2, 0.25) is 0 Å². The van der Waals surface area contributed by atoms with Crippen LogP contribution in [0.25, 0.3) is 0 Å². The van der Waals surface area contributed by atoms with Gasteiger partial charge in [-0.3, -0.25) is 0 Å². The van der Waals surface area contributed by atoms with Crippen molar-refractivity contribution in [1.82, 2.24) is 0 Å². The Morgan fingerprint density at radius 3 is 1.03 bits per heavy atom. The van der Waals surface area contributed by atoms with E-state index in [2.05, 4.69) is 101 Å². The molecule has 1 atom stereocenters. The topological polar surface area (TPSA) is 0 Å². The summed E-state index contributed by atoms with van der Waals surface area (Å²) in [6.45, 7) is 27.3. The molecule has 0 bridgehead atoms. The van der Waals surface area contributed by atoms with Gasteiger partial charge >= 0.3 is 0 Å². The van der Waals surface area contributed by atoms with Gasteiger partial charge in [-0.15, -0.1) is 0 Å². The predicted molar refractivity (Wildman–Crippen MR) is 174 cm³/mol. The second-order valence-corrected chi connectivity index (χ2v) is 13.1. The van der Waals surface area contributed by atoms with E-state index >= 15 is 0 Å². The van der Waals surface area contributed by atoms with E-state index in [0.29, 0.717) is 0 Å². The van der Waals surface area contributed by atoms with Crippen LogP contribution < -0.4 is 0 Å². The molecule has 1 fully saturated rings. The maximum Gasteiger partial charge on any atom is -0.0398 e. The van der Waals surface area contributed by atoms with Crippen LogP contribution in [-0.4, -0.2) is 0 Å². The SMILES string of the molecule is CC1CC(C)CC(C)C1.CCCCC(C)CCC.CCCCC(C)CCCC.Cc1cc(C)cc(C)c1. The first-order valence-electron chi connectivity index (χ1n) is 16.5. The van der Waals surface area contributed by atoms with Crippen LogP contribution in [0.3, 0.4) is 0 Å². The minimum atomic E-state index is 0.968. The lowest BCUT2D eigenvalue weighted by molar-refractivity contribution is 0.233. The van der Waals surface area contributed by atoms with Crippen LogP contribution in [0, 0.1) is 50.4 Å². The van der Waals surface area contributed by atoms with E-state index in [1.165, 1.54) is 107 Å². The monoisotopic (exact) mass is 517 g/mol. The van der Waals surface area contributed by atoms with Gasteiger partial charge < -0.3 is 0 Å². The van der Waals surface area contributed by atoms with Crippen LogP contribution >= 0.6 is 0 Å². The Balaban J connectivity index is 0. The Bertz CT molecular complexity index is 517. The lowest BCUT2D eigenvalue weighted by Crippen LogP contribution is -2.16. The van der Waals surface area contributed by atoms with Gasteiger partial charge in [-0.05, 0) is 69.6 Å². The fourth-order valence-corrected chi connectivity index (χ4v) is 5.99. The Hall–Kier alpha value is -0.780. The number of benzene rings is 1. The van der Waals surface area contributed by atoms with Crippen LogP contribution in [0.1, 0.15) is 169 Å². The molecule has 1 aromatic carbocycles. The predicted octanol–water partition coefficient (Wildman–Crippen LogP) is 13.3. The van der Waals surface area contributed by atoms with Crippen LogP contribution in [0.5, 0.6) is 0 Å². The van der Waals surface area contributed by atoms with E-state index in [4.69, 9.17) is 0 Å². The van der Waals surface area contributed by atoms with E-state index < -0.39 is 0 Å². The third-order valence-corrected chi connectivity index (χ3v) is 7.71. The Morgan fingerprint density at radius 2 is 0.784 bits per heavy atom. The van der Waals surface area contributed by atoms with Crippen LogP contribution in [0.2, 0.25) is 0 Å². The number of hydrogen-bond donors (Lipinski definition) is 0. The Labute approximate surface area is 237 Å². The molecule has 0 heteroatoms. The molecule has 1 aliphatic rings. The van der Waals surface area contributed by atoms with Gasteiger partial charge in [0.25, 0.3) is 0 Å². The molecule has 0 nitrogen and oxygen atoms in total. The van der Waals surface area contributed by atoms with Crippen LogP contribution in [0.15, 0.2) is 18.2 Å². The average molecular weight is 517 g/mol. The molecule has 0 heterocycles. The molecular formula is C37H72. The van der Waals surface area contributed by atoms with E-state index in [-0.39, 0.29) is 0 Å². The summed E-state index contributed by atoms with van der Waals surface area (Å²) in [5.41, 5.74) is 4.06. The van der Waals surface area contributed by atoms with Gasteiger partial charge in [0.05, 0.1) is 0 Å². The lowest BCUT2D eigenvalue weighted by atomic mass is 9.78. The first-order chi connectivity index (χ1) is 17.5. The van der Waals surface area contributed by atoms with Crippen molar-refractivity contribution >= 4 is 0 Å². The summed E-state index contributed by atoms with van der Waals surface area (Å²) < 4.78 is 0. The second-order valence-electron chi connectivity index (χ2n) is 13.1. The molecule has 0 radical (unpaired) electrons. The molecule has 2 rings (SSSR count). The summed E-state index contributed by atoms with van der Waals surface area (Å²) in [7, 11) is 0. The van der Waals surface area contributed by atoms with Gasteiger partial charge in [-0.1, -0.05) is 168 Å². The third-order valence-electron chi connectivity index (χ3n) is 7.71. The van der Waals surface area contributed by atoms with E-state index in [1.807, 2.05) is 0 Å².